The largest absolute Gasteiger partial charge is 0.619 e. The number of nitrogens with zero attached hydrogens (tertiary/aromatic N) is 1. The summed E-state index contributed by atoms with van der Waals surface area (Å²) in [5, 5.41) is 15.0. The van der Waals surface area contributed by atoms with Crippen molar-refractivity contribution in [3.05, 3.63) is 164 Å². The van der Waals surface area contributed by atoms with Crippen molar-refractivity contribution >= 4 is 41.2 Å². The van der Waals surface area contributed by atoms with Crippen molar-refractivity contribution in [1.82, 2.24) is 5.32 Å². The molecule has 0 aliphatic heterocycles. The summed E-state index contributed by atoms with van der Waals surface area (Å²) < 4.78 is 28.4. The minimum Gasteiger partial charge on any atom is -0.619 e. The number of aromatic nitrogens is 1. The van der Waals surface area contributed by atoms with Crippen molar-refractivity contribution in [2.45, 2.75) is 51.5 Å². The van der Waals surface area contributed by atoms with E-state index in [0.29, 0.717) is 38.5 Å². The lowest BCUT2D eigenvalue weighted by Crippen LogP contribution is -2.35. The third kappa shape index (κ3) is 10.9. The Bertz CT molecular complexity index is 2120. The number of pyridine rings is 1. The average Bonchev–Trinajstić information content (AvgIpc) is 3.16. The maximum absolute atomic E-state index is 13.5. The van der Waals surface area contributed by atoms with E-state index in [4.69, 9.17) is 46.9 Å². The number of esters is 2. The topological polar surface area (TPSA) is 136 Å². The van der Waals surface area contributed by atoms with E-state index in [2.05, 4.69) is 5.32 Å². The summed E-state index contributed by atoms with van der Waals surface area (Å²) in [6.45, 7) is 5.27. The predicted octanol–water partition coefficient (Wildman–Crippen LogP) is 8.76. The molecule has 286 valence electrons. The Morgan fingerprint density at radius 2 is 1.40 bits per heavy atom. The van der Waals surface area contributed by atoms with Crippen molar-refractivity contribution in [3.63, 3.8) is 0 Å². The normalized spacial score (nSPS) is 12.2. The Balaban J connectivity index is 1.28. The molecule has 1 N–H and O–H groups in total. The minimum atomic E-state index is -0.887. The fraction of sp³-hybridized carbons (Fsp3) is 0.238. The Kier molecular flexibility index (Phi) is 13.2. The molecule has 2 atom stereocenters. The molecule has 13 heteroatoms. The second-order valence-corrected chi connectivity index (χ2v) is 14.2. The summed E-state index contributed by atoms with van der Waals surface area (Å²) >= 11 is 12.7. The van der Waals surface area contributed by atoms with Gasteiger partial charge in [0.15, 0.2) is 23.9 Å². The molecular formula is C42H40Cl2N2O9. The van der Waals surface area contributed by atoms with E-state index in [0.717, 1.165) is 5.56 Å². The van der Waals surface area contributed by atoms with Gasteiger partial charge in [0.2, 0.25) is 0 Å². The van der Waals surface area contributed by atoms with Gasteiger partial charge >= 0.3 is 18.0 Å². The number of amides is 1. The molecule has 5 rings (SSSR count). The molecule has 0 aliphatic carbocycles. The van der Waals surface area contributed by atoms with Gasteiger partial charge in [0.25, 0.3) is 0 Å². The van der Waals surface area contributed by atoms with Gasteiger partial charge < -0.3 is 34.2 Å². The van der Waals surface area contributed by atoms with Crippen molar-refractivity contribution < 1.29 is 42.8 Å². The van der Waals surface area contributed by atoms with Crippen LogP contribution in [-0.2, 0) is 27.2 Å². The molecule has 11 nitrogen and oxygen atoms in total. The molecule has 55 heavy (non-hydrogen) atoms. The van der Waals surface area contributed by atoms with Gasteiger partial charge in [-0.1, -0.05) is 83.9 Å². The van der Waals surface area contributed by atoms with E-state index in [1.165, 1.54) is 26.6 Å². The molecule has 1 amide bonds. The van der Waals surface area contributed by atoms with Crippen LogP contribution in [0.2, 0.25) is 10.0 Å². The molecule has 5 aromatic rings. The van der Waals surface area contributed by atoms with Crippen LogP contribution in [0.15, 0.2) is 109 Å². The lowest BCUT2D eigenvalue weighted by Gasteiger charge is -2.24. The quantitative estimate of drug-likeness (QED) is 0.0538. The van der Waals surface area contributed by atoms with Gasteiger partial charge in [0, 0.05) is 12.0 Å². The number of benzene rings is 4. The van der Waals surface area contributed by atoms with E-state index in [1.54, 1.807) is 81.4 Å². The first-order valence-electron chi connectivity index (χ1n) is 17.1. The third-order valence-corrected chi connectivity index (χ3v) is 8.94. The Hall–Kier alpha value is -5.78. The van der Waals surface area contributed by atoms with Crippen LogP contribution in [0.25, 0.3) is 0 Å². The number of hydrogen-bond acceptors (Lipinski definition) is 9. The molecule has 1 heterocycles. The Morgan fingerprint density at radius 3 is 2.04 bits per heavy atom. The lowest BCUT2D eigenvalue weighted by atomic mass is 9.97. The minimum absolute atomic E-state index is 0.0537. The second kappa shape index (κ2) is 18.0. The number of alkyl carbamates (subject to hydrolysis) is 1. The fourth-order valence-electron chi connectivity index (χ4n) is 5.63. The lowest BCUT2D eigenvalue weighted by molar-refractivity contribution is -0.605. The highest BCUT2D eigenvalue weighted by atomic mass is 35.5. The van der Waals surface area contributed by atoms with E-state index in [-0.39, 0.29) is 34.2 Å². The van der Waals surface area contributed by atoms with Crippen molar-refractivity contribution in [2.75, 3.05) is 14.2 Å². The van der Waals surface area contributed by atoms with Crippen LogP contribution < -0.4 is 19.5 Å². The molecule has 0 spiro atoms. The van der Waals surface area contributed by atoms with Gasteiger partial charge in [-0.3, -0.25) is 0 Å². The standard InChI is InChI=1S/C42H40Cl2N2O9/c1-42(2,3)55-41(49)45-38(27-10-7-6-8-11-27)30-12-9-13-31(20-30)39(47)53-25-26-14-16-28(17-15-26)40(48)54-36(22-32-33(43)23-46(50)24-34(32)44)29-18-19-35(51-4)37(21-29)52-5/h6-21,23-24,36,38H,22,25H2,1-5H3,(H,45,49)/t36-,38-/m0/s1. The van der Waals surface area contributed by atoms with Gasteiger partial charge in [-0.25, -0.2) is 14.4 Å². The predicted molar refractivity (Wildman–Crippen MR) is 206 cm³/mol. The summed E-state index contributed by atoms with van der Waals surface area (Å²) in [5.74, 6) is -0.319. The highest BCUT2D eigenvalue weighted by Gasteiger charge is 2.25. The van der Waals surface area contributed by atoms with E-state index in [1.807, 2.05) is 36.4 Å². The summed E-state index contributed by atoms with van der Waals surface area (Å²) in [6, 6.07) is 27.1. The summed E-state index contributed by atoms with van der Waals surface area (Å²) in [4.78, 5) is 39.4. The highest BCUT2D eigenvalue weighted by Crippen LogP contribution is 2.35. The number of halogens is 2. The number of carbonyl (C=O) groups is 3. The SMILES string of the molecule is COc1ccc([C@H](Cc2c(Cl)c[n+]([O-])cc2Cl)OC(=O)c2ccc(COC(=O)c3cccc([C@@H](NC(=O)OC(C)(C)C)c4ccccc4)c3)cc2)cc1OC. The Labute approximate surface area is 329 Å². The fourth-order valence-corrected chi connectivity index (χ4v) is 6.23. The highest BCUT2D eigenvalue weighted by molar-refractivity contribution is 6.35. The monoisotopic (exact) mass is 786 g/mol. The first-order valence-corrected chi connectivity index (χ1v) is 17.9. The number of ether oxygens (including phenoxy) is 5. The van der Waals surface area contributed by atoms with Crippen molar-refractivity contribution in [3.8, 4) is 11.5 Å². The molecule has 0 bridgehead atoms. The van der Waals surface area contributed by atoms with E-state index >= 15 is 0 Å². The molecule has 4 aromatic carbocycles. The maximum atomic E-state index is 13.5. The molecule has 1 aromatic heterocycles. The van der Waals surface area contributed by atoms with Gasteiger partial charge in [-0.15, -0.1) is 0 Å². The molecule has 0 radical (unpaired) electrons. The van der Waals surface area contributed by atoms with Gasteiger partial charge in [0.05, 0.1) is 31.4 Å². The van der Waals surface area contributed by atoms with Crippen LogP contribution in [0.1, 0.15) is 81.5 Å². The van der Waals surface area contributed by atoms with Crippen LogP contribution in [0.4, 0.5) is 4.79 Å². The van der Waals surface area contributed by atoms with Crippen LogP contribution >= 0.6 is 23.2 Å². The molecule has 0 fully saturated rings. The second-order valence-electron chi connectivity index (χ2n) is 13.4. The summed E-state index contributed by atoms with van der Waals surface area (Å²) in [7, 11) is 3.00. The van der Waals surface area contributed by atoms with E-state index < -0.39 is 35.8 Å². The van der Waals surface area contributed by atoms with E-state index in [9.17, 15) is 19.6 Å². The van der Waals surface area contributed by atoms with Crippen molar-refractivity contribution in [1.29, 1.82) is 0 Å². The number of nitrogens with one attached hydrogen (secondary N) is 1. The number of methoxy groups -OCH3 is 2. The first kappa shape index (κ1) is 40.4. The van der Waals surface area contributed by atoms with Gasteiger partial charge in [0.1, 0.15) is 28.4 Å². The summed E-state index contributed by atoms with van der Waals surface area (Å²) in [5.41, 5.74) is 2.90. The van der Waals surface area contributed by atoms with Crippen LogP contribution in [-0.4, -0.2) is 37.9 Å². The molecule has 0 saturated heterocycles. The zero-order valence-electron chi connectivity index (χ0n) is 30.8. The summed E-state index contributed by atoms with van der Waals surface area (Å²) in [6.07, 6.45) is 0.912. The van der Waals surface area contributed by atoms with Crippen LogP contribution in [0.3, 0.4) is 0 Å². The molecule has 0 aliphatic rings. The van der Waals surface area contributed by atoms with Crippen molar-refractivity contribution in [2.24, 2.45) is 0 Å². The smallest absolute Gasteiger partial charge is 0.408 e. The zero-order valence-corrected chi connectivity index (χ0v) is 32.4. The zero-order chi connectivity index (χ0) is 39.7. The maximum Gasteiger partial charge on any atom is 0.408 e. The molecule has 0 saturated carbocycles. The van der Waals surface area contributed by atoms with Crippen LogP contribution in [0.5, 0.6) is 11.5 Å². The third-order valence-electron chi connectivity index (χ3n) is 8.29. The number of hydrogen-bond donors (Lipinski definition) is 1. The number of carbonyl (C=O) groups excluding carboxylic acids is 3. The number of rotatable bonds is 13. The Morgan fingerprint density at radius 1 is 0.745 bits per heavy atom. The molecule has 0 unspecified atom stereocenters. The van der Waals surface area contributed by atoms with Gasteiger partial charge in [-0.2, -0.15) is 4.73 Å². The average molecular weight is 788 g/mol. The van der Waals surface area contributed by atoms with Crippen LogP contribution in [0, 0.1) is 5.21 Å². The first-order chi connectivity index (χ1) is 26.2. The van der Waals surface area contributed by atoms with Gasteiger partial charge in [-0.05, 0) is 79.4 Å². The molecular weight excluding hydrogens is 747 g/mol.